The molecule has 1 atom stereocenters. The zero-order chi connectivity index (χ0) is 16.0. The van der Waals surface area contributed by atoms with Crippen LogP contribution in [0.4, 0.5) is 8.78 Å². The van der Waals surface area contributed by atoms with Gasteiger partial charge in [0.2, 0.25) is 0 Å². The van der Waals surface area contributed by atoms with E-state index in [0.29, 0.717) is 0 Å². The number of carboxylic acids is 1. The lowest BCUT2D eigenvalue weighted by molar-refractivity contribution is -0.137. The van der Waals surface area contributed by atoms with Crippen LogP contribution < -0.4 is 14.8 Å². The van der Waals surface area contributed by atoms with E-state index >= 15 is 0 Å². The Labute approximate surface area is 119 Å². The fraction of sp³-hybridized carbons (Fsp3) is 0.385. The van der Waals surface area contributed by atoms with Gasteiger partial charge in [-0.3, -0.25) is 9.59 Å². The molecule has 1 aromatic rings. The van der Waals surface area contributed by atoms with Gasteiger partial charge in [0.05, 0.1) is 13.5 Å². The predicted octanol–water partition coefficient (Wildman–Crippen LogP) is 1.89. The molecule has 0 radical (unpaired) electrons. The Kier molecular flexibility index (Phi) is 5.89. The van der Waals surface area contributed by atoms with Crippen LogP contribution in [0.5, 0.6) is 11.5 Å². The highest BCUT2D eigenvalue weighted by Gasteiger charge is 2.16. The summed E-state index contributed by atoms with van der Waals surface area (Å²) in [7, 11) is 1.25. The lowest BCUT2D eigenvalue weighted by atomic mass is 10.1. The van der Waals surface area contributed by atoms with Gasteiger partial charge in [-0.1, -0.05) is 0 Å². The zero-order valence-corrected chi connectivity index (χ0v) is 11.4. The molecule has 0 saturated heterocycles. The van der Waals surface area contributed by atoms with Crippen molar-refractivity contribution in [3.8, 4) is 11.5 Å². The third-order valence-corrected chi connectivity index (χ3v) is 2.50. The highest BCUT2D eigenvalue weighted by molar-refractivity contribution is 5.95. The summed E-state index contributed by atoms with van der Waals surface area (Å²) in [6.07, 6.45) is -0.227. The number of rotatable bonds is 7. The number of halogens is 2. The molecule has 0 aliphatic heterocycles. The molecule has 0 aromatic heterocycles. The van der Waals surface area contributed by atoms with Crippen LogP contribution in [-0.2, 0) is 4.79 Å². The van der Waals surface area contributed by atoms with Crippen molar-refractivity contribution in [1.29, 1.82) is 0 Å². The lowest BCUT2D eigenvalue weighted by Crippen LogP contribution is -2.34. The zero-order valence-electron chi connectivity index (χ0n) is 11.4. The maximum Gasteiger partial charge on any atom is 0.387 e. The first-order chi connectivity index (χ1) is 9.83. The van der Waals surface area contributed by atoms with Crippen LogP contribution >= 0.6 is 0 Å². The molecule has 0 fully saturated rings. The number of ether oxygens (including phenoxy) is 2. The standard InChI is InChI=1S/C13H15F2NO5/c1-7(5-11(17)18)16-12(19)8-3-4-9(21-13(14)15)10(6-8)20-2/h3-4,6-7,13H,5H2,1-2H3,(H,16,19)(H,17,18)/t7-/m1/s1. The summed E-state index contributed by atoms with van der Waals surface area (Å²) in [5.41, 5.74) is 0.144. The van der Waals surface area contributed by atoms with E-state index in [-0.39, 0.29) is 23.5 Å². The van der Waals surface area contributed by atoms with Gasteiger partial charge >= 0.3 is 12.6 Å². The molecule has 0 spiro atoms. The molecule has 1 amide bonds. The van der Waals surface area contributed by atoms with Crippen LogP contribution in [0.2, 0.25) is 0 Å². The molecule has 21 heavy (non-hydrogen) atoms. The van der Waals surface area contributed by atoms with Crippen LogP contribution in [0.15, 0.2) is 18.2 Å². The minimum atomic E-state index is -3.01. The van der Waals surface area contributed by atoms with Crippen LogP contribution in [0.1, 0.15) is 23.7 Å². The summed E-state index contributed by atoms with van der Waals surface area (Å²) < 4.78 is 33.5. The van der Waals surface area contributed by atoms with Crippen molar-refractivity contribution in [2.45, 2.75) is 26.0 Å². The van der Waals surface area contributed by atoms with Gasteiger partial charge in [0.25, 0.3) is 5.91 Å². The van der Waals surface area contributed by atoms with E-state index in [9.17, 15) is 18.4 Å². The number of aliphatic carboxylic acids is 1. The summed E-state index contributed by atoms with van der Waals surface area (Å²) in [6.45, 7) is -1.47. The van der Waals surface area contributed by atoms with Crippen molar-refractivity contribution >= 4 is 11.9 Å². The molecule has 0 saturated carbocycles. The van der Waals surface area contributed by atoms with Crippen LogP contribution in [0.25, 0.3) is 0 Å². The Morgan fingerprint density at radius 2 is 2.00 bits per heavy atom. The van der Waals surface area contributed by atoms with Gasteiger partial charge in [0.1, 0.15) is 0 Å². The Bertz CT molecular complexity index is 521. The van der Waals surface area contributed by atoms with Crippen LogP contribution in [0.3, 0.4) is 0 Å². The third-order valence-electron chi connectivity index (χ3n) is 2.50. The molecule has 0 unspecified atom stereocenters. The lowest BCUT2D eigenvalue weighted by Gasteiger charge is -2.14. The second-order valence-corrected chi connectivity index (χ2v) is 4.22. The molecule has 0 aliphatic rings. The second-order valence-electron chi connectivity index (χ2n) is 4.22. The molecular formula is C13H15F2NO5. The Balaban J connectivity index is 2.83. The van der Waals surface area contributed by atoms with E-state index in [2.05, 4.69) is 10.1 Å². The Morgan fingerprint density at radius 3 is 2.52 bits per heavy atom. The average molecular weight is 303 g/mol. The van der Waals surface area contributed by atoms with Crippen molar-refractivity contribution in [3.63, 3.8) is 0 Å². The fourth-order valence-corrected chi connectivity index (χ4v) is 1.62. The maximum atomic E-state index is 12.2. The number of amides is 1. The minimum Gasteiger partial charge on any atom is -0.493 e. The van der Waals surface area contributed by atoms with Crippen molar-refractivity contribution in [1.82, 2.24) is 5.32 Å². The Hall–Kier alpha value is -2.38. The highest BCUT2D eigenvalue weighted by atomic mass is 19.3. The minimum absolute atomic E-state index is 0.0196. The predicted molar refractivity (Wildman–Crippen MR) is 68.8 cm³/mol. The molecule has 0 bridgehead atoms. The van der Waals surface area contributed by atoms with E-state index in [1.54, 1.807) is 0 Å². The first-order valence-corrected chi connectivity index (χ1v) is 5.99. The van der Waals surface area contributed by atoms with E-state index in [0.717, 1.165) is 0 Å². The third kappa shape index (κ3) is 5.25. The highest BCUT2D eigenvalue weighted by Crippen LogP contribution is 2.29. The molecule has 1 rings (SSSR count). The molecule has 116 valence electrons. The fourth-order valence-electron chi connectivity index (χ4n) is 1.62. The van der Waals surface area contributed by atoms with E-state index in [1.807, 2.05) is 0 Å². The topological polar surface area (TPSA) is 84.9 Å². The number of methoxy groups -OCH3 is 1. The van der Waals surface area contributed by atoms with Gasteiger partial charge < -0.3 is 19.9 Å². The number of hydrogen-bond acceptors (Lipinski definition) is 4. The molecule has 6 nitrogen and oxygen atoms in total. The summed E-state index contributed by atoms with van der Waals surface area (Å²) in [4.78, 5) is 22.4. The number of carboxylic acid groups (broad SMARTS) is 1. The maximum absolute atomic E-state index is 12.2. The number of carbonyl (C=O) groups excluding carboxylic acids is 1. The second kappa shape index (κ2) is 7.41. The van der Waals surface area contributed by atoms with Gasteiger partial charge in [0.15, 0.2) is 11.5 Å². The quantitative estimate of drug-likeness (QED) is 0.803. The van der Waals surface area contributed by atoms with Crippen LogP contribution in [-0.4, -0.2) is 36.7 Å². The van der Waals surface area contributed by atoms with Crippen molar-refractivity contribution in [2.24, 2.45) is 0 Å². The molecule has 1 aromatic carbocycles. The monoisotopic (exact) mass is 303 g/mol. The van der Waals surface area contributed by atoms with Gasteiger partial charge in [-0.25, -0.2) is 0 Å². The smallest absolute Gasteiger partial charge is 0.387 e. The number of alkyl halides is 2. The van der Waals surface area contributed by atoms with E-state index in [1.165, 1.54) is 32.2 Å². The summed E-state index contributed by atoms with van der Waals surface area (Å²) in [5.74, 6) is -1.79. The first-order valence-electron chi connectivity index (χ1n) is 5.99. The molecule has 0 aliphatic carbocycles. The Morgan fingerprint density at radius 1 is 1.33 bits per heavy atom. The van der Waals surface area contributed by atoms with Gasteiger partial charge in [-0.05, 0) is 25.1 Å². The molecular weight excluding hydrogens is 288 g/mol. The molecule has 8 heteroatoms. The first kappa shape index (κ1) is 16.7. The number of carbonyl (C=O) groups is 2. The van der Waals surface area contributed by atoms with Crippen molar-refractivity contribution in [3.05, 3.63) is 23.8 Å². The average Bonchev–Trinajstić information content (AvgIpc) is 2.37. The van der Waals surface area contributed by atoms with Crippen LogP contribution in [0, 0.1) is 0 Å². The van der Waals surface area contributed by atoms with Gasteiger partial charge in [-0.15, -0.1) is 0 Å². The van der Waals surface area contributed by atoms with Gasteiger partial charge in [0, 0.05) is 11.6 Å². The summed E-state index contributed by atoms with van der Waals surface area (Å²) in [5, 5.41) is 11.1. The molecule has 2 N–H and O–H groups in total. The SMILES string of the molecule is COc1cc(C(=O)N[C@H](C)CC(=O)O)ccc1OC(F)F. The number of nitrogens with one attached hydrogen (secondary N) is 1. The van der Waals surface area contributed by atoms with Crippen molar-refractivity contribution < 1.29 is 33.0 Å². The summed E-state index contributed by atoms with van der Waals surface area (Å²) >= 11 is 0. The number of benzene rings is 1. The van der Waals surface area contributed by atoms with E-state index < -0.39 is 24.5 Å². The van der Waals surface area contributed by atoms with E-state index in [4.69, 9.17) is 9.84 Å². The van der Waals surface area contributed by atoms with Gasteiger partial charge in [-0.2, -0.15) is 8.78 Å². The molecule has 0 heterocycles. The number of hydrogen-bond donors (Lipinski definition) is 2. The van der Waals surface area contributed by atoms with Crippen molar-refractivity contribution in [2.75, 3.05) is 7.11 Å². The normalized spacial score (nSPS) is 11.9. The largest absolute Gasteiger partial charge is 0.493 e. The summed E-state index contributed by atoms with van der Waals surface area (Å²) in [6, 6.07) is 3.13.